The minimum atomic E-state index is -4.94. The van der Waals surface area contributed by atoms with Crippen LogP contribution >= 0.6 is 15.6 Å². The third-order valence-corrected chi connectivity index (χ3v) is 15.5. The Kier molecular flexibility index (Phi) is 53.0. The van der Waals surface area contributed by atoms with Crippen LogP contribution in [-0.4, -0.2) is 96.7 Å². The van der Waals surface area contributed by atoms with Gasteiger partial charge in [-0.05, 0) is 25.7 Å². The summed E-state index contributed by atoms with van der Waals surface area (Å²) in [5.74, 6) is -2.15. The first kappa shape index (κ1) is 76.1. The Hall–Kier alpha value is -1.94. The summed E-state index contributed by atoms with van der Waals surface area (Å²) in [5.41, 5.74) is 0. The number of ether oxygens (including phenoxy) is 4. The Morgan fingerprint density at radius 3 is 0.756 bits per heavy atom. The predicted molar refractivity (Wildman–Crippen MR) is 308 cm³/mol. The third-order valence-electron chi connectivity index (χ3n) is 13.6. The Balaban J connectivity index is 5.17. The molecule has 0 aliphatic carbocycles. The molecule has 0 aliphatic rings. The van der Waals surface area contributed by atoms with Crippen molar-refractivity contribution < 1.29 is 80.2 Å². The van der Waals surface area contributed by atoms with Gasteiger partial charge >= 0.3 is 39.5 Å². The minimum absolute atomic E-state index is 0.105. The maximum atomic E-state index is 12.9. The van der Waals surface area contributed by atoms with E-state index >= 15 is 0 Å². The van der Waals surface area contributed by atoms with Crippen molar-refractivity contribution in [1.29, 1.82) is 0 Å². The van der Waals surface area contributed by atoms with E-state index in [0.717, 1.165) is 96.3 Å². The zero-order chi connectivity index (χ0) is 57.6. The summed E-state index contributed by atoms with van der Waals surface area (Å²) in [4.78, 5) is 71.7. The van der Waals surface area contributed by atoms with Crippen LogP contribution < -0.4 is 0 Å². The number of unbranched alkanes of at least 4 members (excludes halogenated alkanes) is 34. The van der Waals surface area contributed by atoms with Gasteiger partial charge in [0.2, 0.25) is 0 Å². The highest BCUT2D eigenvalue weighted by Gasteiger charge is 2.30. The highest BCUT2D eigenvalue weighted by molar-refractivity contribution is 7.47. The lowest BCUT2D eigenvalue weighted by Gasteiger charge is -2.21. The Morgan fingerprint density at radius 1 is 0.308 bits per heavy atom. The fraction of sp³-hybridized carbons (Fsp3) is 0.932. The average molecular weight is 1160 g/mol. The Morgan fingerprint density at radius 2 is 0.513 bits per heavy atom. The van der Waals surface area contributed by atoms with Crippen LogP contribution in [0, 0.1) is 0 Å². The molecular weight excluding hydrogens is 1040 g/mol. The number of aliphatic hydroxyl groups is 1. The van der Waals surface area contributed by atoms with Crippen LogP contribution in [0.4, 0.5) is 0 Å². The van der Waals surface area contributed by atoms with Crippen LogP contribution in [-0.2, 0) is 65.4 Å². The van der Waals surface area contributed by atoms with Crippen molar-refractivity contribution in [3.8, 4) is 0 Å². The van der Waals surface area contributed by atoms with E-state index in [4.69, 9.17) is 37.0 Å². The van der Waals surface area contributed by atoms with Gasteiger partial charge < -0.3 is 33.8 Å². The van der Waals surface area contributed by atoms with Crippen LogP contribution in [0.5, 0.6) is 0 Å². The fourth-order valence-electron chi connectivity index (χ4n) is 8.75. The van der Waals surface area contributed by atoms with Crippen LogP contribution in [0.1, 0.15) is 297 Å². The number of phosphoric ester groups is 2. The summed E-state index contributed by atoms with van der Waals surface area (Å²) in [5, 5.41) is 10.5. The van der Waals surface area contributed by atoms with Crippen molar-refractivity contribution in [2.75, 3.05) is 39.6 Å². The van der Waals surface area contributed by atoms with E-state index in [2.05, 4.69) is 27.7 Å². The number of hydrogen-bond donors (Lipinski definition) is 3. The maximum absolute atomic E-state index is 12.9. The summed E-state index contributed by atoms with van der Waals surface area (Å²) in [6.07, 6.45) is 37.8. The molecule has 0 aromatic rings. The number of esters is 4. The second kappa shape index (κ2) is 54.3. The third kappa shape index (κ3) is 53.4. The average Bonchev–Trinajstić information content (AvgIpc) is 3.41. The molecule has 0 fully saturated rings. The SMILES string of the molecule is CCCCCCCCCCCCCCCC(=O)O[C@H](COC(=O)CCCCCCCCCCCCC)COP(=O)(O)OC[C@@H](O)COP(=O)(O)OC[C@@H](COC(=O)CCCCCCC)OC(=O)CCCCCCCCCCC. The van der Waals surface area contributed by atoms with E-state index in [0.29, 0.717) is 25.7 Å². The molecule has 17 nitrogen and oxygen atoms in total. The lowest BCUT2D eigenvalue weighted by Crippen LogP contribution is -2.30. The molecule has 0 rings (SSSR count). The Bertz CT molecular complexity index is 1520. The minimum Gasteiger partial charge on any atom is -0.462 e. The van der Waals surface area contributed by atoms with Gasteiger partial charge in [0, 0.05) is 25.7 Å². The molecule has 5 atom stereocenters. The number of aliphatic hydroxyl groups excluding tert-OH is 1. The van der Waals surface area contributed by atoms with Crippen LogP contribution in [0.3, 0.4) is 0 Å². The predicted octanol–water partition coefficient (Wildman–Crippen LogP) is 16.0. The largest absolute Gasteiger partial charge is 0.472 e. The van der Waals surface area contributed by atoms with Crippen molar-refractivity contribution in [2.24, 2.45) is 0 Å². The first-order valence-corrected chi connectivity index (χ1v) is 34.3. The molecule has 2 unspecified atom stereocenters. The van der Waals surface area contributed by atoms with Crippen molar-refractivity contribution in [2.45, 2.75) is 316 Å². The first-order valence-electron chi connectivity index (χ1n) is 31.3. The first-order chi connectivity index (χ1) is 37.7. The van der Waals surface area contributed by atoms with Crippen molar-refractivity contribution in [3.05, 3.63) is 0 Å². The van der Waals surface area contributed by atoms with Gasteiger partial charge in [-0.25, -0.2) is 9.13 Å². The van der Waals surface area contributed by atoms with Crippen molar-refractivity contribution in [1.82, 2.24) is 0 Å². The van der Waals surface area contributed by atoms with Gasteiger partial charge in [0.1, 0.15) is 19.3 Å². The molecule has 0 aromatic heterocycles. The van der Waals surface area contributed by atoms with E-state index in [1.165, 1.54) is 122 Å². The van der Waals surface area contributed by atoms with E-state index in [9.17, 15) is 43.2 Å². The molecule has 0 spiro atoms. The number of hydrogen-bond acceptors (Lipinski definition) is 15. The number of phosphoric acid groups is 2. The monoisotopic (exact) mass is 1160 g/mol. The van der Waals surface area contributed by atoms with Crippen molar-refractivity contribution >= 4 is 39.5 Å². The Labute approximate surface area is 473 Å². The molecule has 0 saturated carbocycles. The topological polar surface area (TPSA) is 237 Å². The quantitative estimate of drug-likeness (QED) is 0.0222. The molecule has 0 saturated heterocycles. The van der Waals surface area contributed by atoms with Gasteiger partial charge in [0.05, 0.1) is 26.4 Å². The zero-order valence-electron chi connectivity index (χ0n) is 49.6. The normalized spacial score (nSPS) is 14.3. The second-order valence-corrected chi connectivity index (χ2v) is 24.3. The van der Waals surface area contributed by atoms with Gasteiger partial charge in [0.25, 0.3) is 0 Å². The van der Waals surface area contributed by atoms with Crippen molar-refractivity contribution in [3.63, 3.8) is 0 Å². The molecule has 0 aliphatic heterocycles. The fourth-order valence-corrected chi connectivity index (χ4v) is 10.3. The highest BCUT2D eigenvalue weighted by Crippen LogP contribution is 2.45. The zero-order valence-corrected chi connectivity index (χ0v) is 51.4. The van der Waals surface area contributed by atoms with Crippen LogP contribution in [0.2, 0.25) is 0 Å². The number of carbonyl (C=O) groups is 4. The van der Waals surface area contributed by atoms with Gasteiger partial charge in [-0.15, -0.1) is 0 Å². The van der Waals surface area contributed by atoms with Gasteiger partial charge in [-0.2, -0.15) is 0 Å². The molecule has 0 bridgehead atoms. The van der Waals surface area contributed by atoms with E-state index in [-0.39, 0.29) is 25.7 Å². The molecule has 0 radical (unpaired) electrons. The molecule has 19 heteroatoms. The van der Waals surface area contributed by atoms with Crippen LogP contribution in [0.25, 0.3) is 0 Å². The summed E-state index contributed by atoms with van der Waals surface area (Å²) < 4.78 is 67.6. The molecular formula is C59H114O17P2. The number of rotatable bonds is 60. The molecule has 78 heavy (non-hydrogen) atoms. The lowest BCUT2D eigenvalue weighted by molar-refractivity contribution is -0.161. The van der Waals surface area contributed by atoms with E-state index in [1.54, 1.807) is 0 Å². The summed E-state index contributed by atoms with van der Waals surface area (Å²) in [6.45, 7) is 4.75. The summed E-state index contributed by atoms with van der Waals surface area (Å²) in [6, 6.07) is 0. The van der Waals surface area contributed by atoms with Gasteiger partial charge in [-0.1, -0.05) is 246 Å². The van der Waals surface area contributed by atoms with Gasteiger partial charge in [-0.3, -0.25) is 37.3 Å². The standard InChI is InChI=1S/C59H114O17P2/c1-5-9-13-17-20-23-25-26-28-31-34-38-42-46-59(64)76-55(50-70-57(62)44-40-36-32-30-27-24-21-18-14-10-6-2)52-74-78(67,68)72-48-53(60)47-71-77(65,66)73-51-54(49-69-56(61)43-39-35-16-12-8-4)75-58(63)45-41-37-33-29-22-19-15-11-7-3/h53-55,60H,5-52H2,1-4H3,(H,65,66)(H,67,68)/t53-,54+,55+/m0/s1. The molecule has 0 heterocycles. The lowest BCUT2D eigenvalue weighted by atomic mass is 10.0. The molecule has 0 aromatic carbocycles. The van der Waals surface area contributed by atoms with Crippen LogP contribution in [0.15, 0.2) is 0 Å². The molecule has 3 N–H and O–H groups in total. The maximum Gasteiger partial charge on any atom is 0.472 e. The van der Waals surface area contributed by atoms with E-state index in [1.807, 2.05) is 0 Å². The number of carbonyl (C=O) groups excluding carboxylic acids is 4. The summed E-state index contributed by atoms with van der Waals surface area (Å²) in [7, 11) is -9.86. The highest BCUT2D eigenvalue weighted by atomic mass is 31.2. The second-order valence-electron chi connectivity index (χ2n) is 21.4. The summed E-state index contributed by atoms with van der Waals surface area (Å²) >= 11 is 0. The molecule has 0 amide bonds. The van der Waals surface area contributed by atoms with E-state index < -0.39 is 97.5 Å². The smallest absolute Gasteiger partial charge is 0.462 e. The van der Waals surface area contributed by atoms with Gasteiger partial charge in [0.15, 0.2) is 12.2 Å². The molecule has 462 valence electrons.